The Morgan fingerprint density at radius 3 is 2.74 bits per heavy atom. The van der Waals surface area contributed by atoms with E-state index in [1.807, 2.05) is 29.2 Å². The van der Waals surface area contributed by atoms with Gasteiger partial charge in [0.05, 0.1) is 19.3 Å². The molecule has 0 unspecified atom stereocenters. The Kier molecular flexibility index (Phi) is 8.40. The largest absolute Gasteiger partial charge is 0.496 e. The van der Waals surface area contributed by atoms with E-state index in [0.717, 1.165) is 50.8 Å². The van der Waals surface area contributed by atoms with Gasteiger partial charge in [-0.15, -0.1) is 0 Å². The fourth-order valence-electron chi connectivity index (χ4n) is 5.14. The lowest BCUT2D eigenvalue weighted by Crippen LogP contribution is -2.51. The highest BCUT2D eigenvalue weighted by Crippen LogP contribution is 2.28. The van der Waals surface area contributed by atoms with E-state index in [-0.39, 0.29) is 23.9 Å². The molecule has 0 aliphatic carbocycles. The summed E-state index contributed by atoms with van der Waals surface area (Å²) in [6.45, 7) is 3.35. The van der Waals surface area contributed by atoms with Crippen LogP contribution >= 0.6 is 0 Å². The van der Waals surface area contributed by atoms with Crippen LogP contribution in [0.3, 0.4) is 0 Å². The molecule has 2 aromatic rings. The van der Waals surface area contributed by atoms with E-state index < -0.39 is 0 Å². The molecule has 6 nitrogen and oxygen atoms in total. The normalized spacial score (nSPS) is 22.4. The SMILES string of the molecule is COc1ccc(F)cc1CN1CCCC[C@H]2[C@@H](OC)CCCN2C(=O)c2cccc(c2)OCC1. The molecule has 0 spiro atoms. The molecule has 0 N–H and O–H groups in total. The van der Waals surface area contributed by atoms with Crippen molar-refractivity contribution in [1.29, 1.82) is 0 Å². The highest BCUT2D eigenvalue weighted by molar-refractivity contribution is 5.95. The zero-order valence-corrected chi connectivity index (χ0v) is 20.2. The molecular weight excluding hydrogens is 435 g/mol. The molecule has 0 aromatic heterocycles. The number of carbonyl (C=O) groups excluding carboxylic acids is 1. The topological polar surface area (TPSA) is 51.2 Å². The number of halogens is 1. The van der Waals surface area contributed by atoms with Crippen LogP contribution in [0.4, 0.5) is 4.39 Å². The minimum atomic E-state index is -0.265. The number of carbonyl (C=O) groups is 1. The predicted octanol–water partition coefficient (Wildman–Crippen LogP) is 4.52. The van der Waals surface area contributed by atoms with E-state index in [1.54, 1.807) is 26.4 Å². The first kappa shape index (κ1) is 24.5. The highest BCUT2D eigenvalue weighted by atomic mass is 19.1. The van der Waals surface area contributed by atoms with Crippen LogP contribution in [0, 0.1) is 5.82 Å². The molecule has 0 saturated carbocycles. The molecule has 1 fully saturated rings. The van der Waals surface area contributed by atoms with E-state index in [2.05, 4.69) is 4.90 Å². The highest BCUT2D eigenvalue weighted by Gasteiger charge is 2.34. The lowest BCUT2D eigenvalue weighted by atomic mass is 9.93. The summed E-state index contributed by atoms with van der Waals surface area (Å²) in [6.07, 6.45) is 4.82. The van der Waals surface area contributed by atoms with E-state index in [9.17, 15) is 9.18 Å². The van der Waals surface area contributed by atoms with Crippen LogP contribution in [-0.2, 0) is 11.3 Å². The molecule has 2 atom stereocenters. The molecule has 34 heavy (non-hydrogen) atoms. The summed E-state index contributed by atoms with van der Waals surface area (Å²) in [5.74, 6) is 1.16. The summed E-state index contributed by atoms with van der Waals surface area (Å²) >= 11 is 0. The fourth-order valence-corrected chi connectivity index (χ4v) is 5.14. The lowest BCUT2D eigenvalue weighted by Gasteiger charge is -2.41. The van der Waals surface area contributed by atoms with E-state index in [1.165, 1.54) is 6.07 Å². The number of piperidine rings is 1. The minimum absolute atomic E-state index is 0.0501. The van der Waals surface area contributed by atoms with Crippen LogP contribution in [0.25, 0.3) is 0 Å². The Hall–Kier alpha value is -2.64. The molecule has 0 radical (unpaired) electrons. The number of amides is 1. The molecule has 2 aliphatic heterocycles. The monoisotopic (exact) mass is 470 g/mol. The fraction of sp³-hybridized carbons (Fsp3) is 0.519. The van der Waals surface area contributed by atoms with Crippen molar-refractivity contribution in [3.05, 3.63) is 59.4 Å². The standard InChI is InChI=1S/C27H35FN2O4/c1-32-25-12-11-22(28)17-21(25)19-29-13-4-3-9-24-26(33-2)10-6-14-30(24)27(31)20-7-5-8-23(18-20)34-16-15-29/h5,7-8,11-12,17-18,24,26H,3-4,6,9-10,13-16,19H2,1-2H3/t24-,26-/m0/s1. The van der Waals surface area contributed by atoms with Crippen molar-refractivity contribution < 1.29 is 23.4 Å². The smallest absolute Gasteiger partial charge is 0.254 e. The molecule has 2 aromatic carbocycles. The van der Waals surface area contributed by atoms with Gasteiger partial charge in [-0.1, -0.05) is 12.5 Å². The van der Waals surface area contributed by atoms with Gasteiger partial charge in [-0.2, -0.15) is 0 Å². The average molecular weight is 471 g/mol. The van der Waals surface area contributed by atoms with Crippen molar-refractivity contribution in [2.45, 2.75) is 50.8 Å². The second-order valence-electron chi connectivity index (χ2n) is 9.09. The van der Waals surface area contributed by atoms with Crippen LogP contribution in [0.1, 0.15) is 48.0 Å². The number of nitrogens with zero attached hydrogens (tertiary/aromatic N) is 2. The maximum Gasteiger partial charge on any atom is 0.254 e. The predicted molar refractivity (Wildman–Crippen MR) is 129 cm³/mol. The van der Waals surface area contributed by atoms with E-state index in [4.69, 9.17) is 14.2 Å². The first-order valence-corrected chi connectivity index (χ1v) is 12.2. The van der Waals surface area contributed by atoms with Gasteiger partial charge in [-0.3, -0.25) is 9.69 Å². The van der Waals surface area contributed by atoms with Gasteiger partial charge in [0.2, 0.25) is 0 Å². The number of hydrogen-bond donors (Lipinski definition) is 0. The zero-order chi connectivity index (χ0) is 23.9. The van der Waals surface area contributed by atoms with Crippen molar-refractivity contribution in [3.8, 4) is 11.5 Å². The van der Waals surface area contributed by atoms with E-state index in [0.29, 0.717) is 36.8 Å². The second-order valence-corrected chi connectivity index (χ2v) is 9.09. The summed E-state index contributed by atoms with van der Waals surface area (Å²) in [7, 11) is 3.35. The number of hydrogen-bond acceptors (Lipinski definition) is 5. The summed E-state index contributed by atoms with van der Waals surface area (Å²) in [4.78, 5) is 17.7. The third-order valence-corrected chi connectivity index (χ3v) is 6.90. The Balaban J connectivity index is 1.55. The molecule has 2 heterocycles. The molecule has 184 valence electrons. The van der Waals surface area contributed by atoms with Crippen molar-refractivity contribution >= 4 is 5.91 Å². The Labute approximate surface area is 201 Å². The van der Waals surface area contributed by atoms with Gasteiger partial charge < -0.3 is 19.1 Å². The number of ether oxygens (including phenoxy) is 3. The van der Waals surface area contributed by atoms with Gasteiger partial charge in [0.15, 0.2) is 0 Å². The van der Waals surface area contributed by atoms with Crippen LogP contribution in [0.5, 0.6) is 11.5 Å². The number of fused-ring (bicyclic) bond motifs is 3. The molecule has 1 amide bonds. The third kappa shape index (κ3) is 5.88. The van der Waals surface area contributed by atoms with Crippen molar-refractivity contribution in [2.24, 2.45) is 0 Å². The van der Waals surface area contributed by atoms with Crippen molar-refractivity contribution in [1.82, 2.24) is 9.80 Å². The Morgan fingerprint density at radius 1 is 1.03 bits per heavy atom. The third-order valence-electron chi connectivity index (χ3n) is 6.90. The van der Waals surface area contributed by atoms with Gasteiger partial charge in [-0.25, -0.2) is 4.39 Å². The second kappa shape index (κ2) is 11.7. The van der Waals surface area contributed by atoms with Gasteiger partial charge in [0.25, 0.3) is 5.91 Å². The number of methoxy groups -OCH3 is 2. The molecule has 4 rings (SSSR count). The minimum Gasteiger partial charge on any atom is -0.496 e. The van der Waals surface area contributed by atoms with E-state index >= 15 is 0 Å². The summed E-state index contributed by atoms with van der Waals surface area (Å²) in [6, 6.07) is 12.2. The van der Waals surface area contributed by atoms with Crippen molar-refractivity contribution in [3.63, 3.8) is 0 Å². The molecule has 7 heteroatoms. The maximum atomic E-state index is 13.9. The molecule has 2 aliphatic rings. The first-order valence-electron chi connectivity index (χ1n) is 12.2. The van der Waals surface area contributed by atoms with Gasteiger partial charge in [-0.05, 0) is 68.6 Å². The van der Waals surface area contributed by atoms with Crippen LogP contribution in [0.15, 0.2) is 42.5 Å². The Morgan fingerprint density at radius 2 is 1.91 bits per heavy atom. The van der Waals surface area contributed by atoms with Crippen molar-refractivity contribution in [2.75, 3.05) is 40.5 Å². The average Bonchev–Trinajstić information content (AvgIpc) is 2.85. The lowest BCUT2D eigenvalue weighted by molar-refractivity contribution is -0.0156. The first-order chi connectivity index (χ1) is 16.6. The summed E-state index contributed by atoms with van der Waals surface area (Å²) < 4.78 is 31.2. The van der Waals surface area contributed by atoms with Gasteiger partial charge in [0.1, 0.15) is 23.9 Å². The molecular formula is C27H35FN2O4. The quantitative estimate of drug-likeness (QED) is 0.658. The van der Waals surface area contributed by atoms with Crippen LogP contribution < -0.4 is 9.47 Å². The van der Waals surface area contributed by atoms with Crippen LogP contribution in [-0.4, -0.2) is 68.3 Å². The maximum absolute atomic E-state index is 13.9. The number of benzene rings is 2. The summed E-state index contributed by atoms with van der Waals surface area (Å²) in [5, 5.41) is 0. The molecule has 2 bridgehead atoms. The number of rotatable bonds is 4. The summed E-state index contributed by atoms with van der Waals surface area (Å²) in [5.41, 5.74) is 1.48. The zero-order valence-electron chi connectivity index (χ0n) is 20.2. The Bertz CT molecular complexity index is 969. The van der Waals surface area contributed by atoms with Gasteiger partial charge >= 0.3 is 0 Å². The van der Waals surface area contributed by atoms with Crippen LogP contribution in [0.2, 0.25) is 0 Å². The van der Waals surface area contributed by atoms with Gasteiger partial charge in [0, 0.05) is 37.9 Å². The molecule has 1 saturated heterocycles.